The van der Waals surface area contributed by atoms with Gasteiger partial charge in [-0.1, -0.05) is 45.4 Å². The molecule has 0 aromatic rings. The van der Waals surface area contributed by atoms with Gasteiger partial charge < -0.3 is 5.32 Å². The summed E-state index contributed by atoms with van der Waals surface area (Å²) in [6.07, 6.45) is 12.2. The molecule has 0 heterocycles. The summed E-state index contributed by atoms with van der Waals surface area (Å²) in [5, 5.41) is 3.09. The molecule has 0 aliphatic heterocycles. The lowest BCUT2D eigenvalue weighted by Crippen LogP contribution is -2.29. The summed E-state index contributed by atoms with van der Waals surface area (Å²) in [5.74, 6) is 1.02. The molecule has 1 fully saturated rings. The molecule has 1 N–H and O–H groups in total. The minimum Gasteiger partial charge on any atom is -0.356 e. The number of hydrogen-bond acceptors (Lipinski definition) is 1. The number of rotatable bonds is 7. The predicted molar refractivity (Wildman–Crippen MR) is 68.3 cm³/mol. The van der Waals surface area contributed by atoms with E-state index in [2.05, 4.69) is 12.2 Å². The van der Waals surface area contributed by atoms with Gasteiger partial charge in [0.1, 0.15) is 0 Å². The summed E-state index contributed by atoms with van der Waals surface area (Å²) >= 11 is 0. The van der Waals surface area contributed by atoms with Crippen molar-refractivity contribution in [1.82, 2.24) is 5.32 Å². The summed E-state index contributed by atoms with van der Waals surface area (Å²) in [6.45, 7) is 3.12. The van der Waals surface area contributed by atoms with Gasteiger partial charge in [0, 0.05) is 13.0 Å². The normalized spacial score (nSPS) is 17.3. The first-order chi connectivity index (χ1) is 7.83. The molecule has 1 saturated carbocycles. The van der Waals surface area contributed by atoms with Crippen molar-refractivity contribution < 1.29 is 4.79 Å². The molecule has 0 aromatic heterocycles. The van der Waals surface area contributed by atoms with E-state index >= 15 is 0 Å². The van der Waals surface area contributed by atoms with Gasteiger partial charge in [0.25, 0.3) is 0 Å². The highest BCUT2D eigenvalue weighted by atomic mass is 16.1. The van der Waals surface area contributed by atoms with Gasteiger partial charge in [0.15, 0.2) is 0 Å². The smallest absolute Gasteiger partial charge is 0.220 e. The monoisotopic (exact) mass is 225 g/mol. The topological polar surface area (TPSA) is 29.1 Å². The van der Waals surface area contributed by atoms with Crippen LogP contribution in [0.2, 0.25) is 0 Å². The van der Waals surface area contributed by atoms with Crippen LogP contribution in [0.3, 0.4) is 0 Å². The fourth-order valence-electron chi connectivity index (χ4n) is 2.45. The number of unbranched alkanes of at least 4 members (excludes halogenated alkanes) is 3. The lowest BCUT2D eigenvalue weighted by molar-refractivity contribution is -0.121. The molecule has 1 rings (SSSR count). The molecule has 0 atom stereocenters. The van der Waals surface area contributed by atoms with Crippen molar-refractivity contribution in [3.05, 3.63) is 0 Å². The van der Waals surface area contributed by atoms with Crippen molar-refractivity contribution in [2.24, 2.45) is 5.92 Å². The summed E-state index contributed by atoms with van der Waals surface area (Å²) < 4.78 is 0. The molecule has 2 nitrogen and oxygen atoms in total. The van der Waals surface area contributed by atoms with Crippen LogP contribution < -0.4 is 5.32 Å². The fraction of sp³-hybridized carbons (Fsp3) is 0.929. The first-order valence-electron chi connectivity index (χ1n) is 7.09. The average Bonchev–Trinajstić information content (AvgIpc) is 2.33. The van der Waals surface area contributed by atoms with E-state index in [1.54, 1.807) is 0 Å². The van der Waals surface area contributed by atoms with Crippen LogP contribution in [0.15, 0.2) is 0 Å². The van der Waals surface area contributed by atoms with E-state index in [9.17, 15) is 4.79 Å². The largest absolute Gasteiger partial charge is 0.356 e. The SMILES string of the molecule is CCCCCCC(=O)NCC1CCCCC1. The van der Waals surface area contributed by atoms with E-state index in [-0.39, 0.29) is 5.91 Å². The Hall–Kier alpha value is -0.530. The number of carbonyl (C=O) groups is 1. The highest BCUT2D eigenvalue weighted by Crippen LogP contribution is 2.22. The molecule has 0 radical (unpaired) electrons. The van der Waals surface area contributed by atoms with Gasteiger partial charge >= 0.3 is 0 Å². The molecule has 2 heteroatoms. The zero-order valence-electron chi connectivity index (χ0n) is 10.8. The number of nitrogens with one attached hydrogen (secondary N) is 1. The maximum Gasteiger partial charge on any atom is 0.220 e. The molecule has 0 aromatic carbocycles. The molecular formula is C14H27NO. The zero-order chi connectivity index (χ0) is 11.6. The molecular weight excluding hydrogens is 198 g/mol. The van der Waals surface area contributed by atoms with Gasteiger partial charge in [0.2, 0.25) is 5.91 Å². The standard InChI is InChI=1S/C14H27NO/c1-2-3-4-8-11-14(16)15-12-13-9-6-5-7-10-13/h13H,2-12H2,1H3,(H,15,16). The summed E-state index contributed by atoms with van der Waals surface area (Å²) in [5.41, 5.74) is 0. The first kappa shape index (κ1) is 13.5. The van der Waals surface area contributed by atoms with Crippen molar-refractivity contribution in [3.8, 4) is 0 Å². The average molecular weight is 225 g/mol. The molecule has 0 spiro atoms. The second-order valence-electron chi connectivity index (χ2n) is 5.12. The third-order valence-corrected chi connectivity index (χ3v) is 3.57. The number of amides is 1. The molecule has 1 aliphatic carbocycles. The lowest BCUT2D eigenvalue weighted by Gasteiger charge is -2.21. The Morgan fingerprint density at radius 1 is 1.12 bits per heavy atom. The third kappa shape index (κ3) is 6.14. The molecule has 16 heavy (non-hydrogen) atoms. The van der Waals surface area contributed by atoms with Crippen LogP contribution in [-0.2, 0) is 4.79 Å². The van der Waals surface area contributed by atoms with Crippen molar-refractivity contribution in [1.29, 1.82) is 0 Å². The zero-order valence-corrected chi connectivity index (χ0v) is 10.8. The number of hydrogen-bond donors (Lipinski definition) is 1. The highest BCUT2D eigenvalue weighted by Gasteiger charge is 2.13. The molecule has 1 aliphatic rings. The van der Waals surface area contributed by atoms with Crippen LogP contribution in [0.5, 0.6) is 0 Å². The van der Waals surface area contributed by atoms with Gasteiger partial charge in [-0.2, -0.15) is 0 Å². The summed E-state index contributed by atoms with van der Waals surface area (Å²) in [7, 11) is 0. The van der Waals surface area contributed by atoms with Gasteiger partial charge in [0.05, 0.1) is 0 Å². The van der Waals surface area contributed by atoms with Crippen LogP contribution in [0.25, 0.3) is 0 Å². The predicted octanol–water partition coefficient (Wildman–Crippen LogP) is 3.65. The van der Waals surface area contributed by atoms with Crippen molar-refractivity contribution in [2.75, 3.05) is 6.54 Å². The fourth-order valence-corrected chi connectivity index (χ4v) is 2.45. The molecule has 0 unspecified atom stereocenters. The van der Waals surface area contributed by atoms with E-state index in [1.165, 1.54) is 51.4 Å². The van der Waals surface area contributed by atoms with Crippen molar-refractivity contribution >= 4 is 5.91 Å². The van der Waals surface area contributed by atoms with E-state index in [1.807, 2.05) is 0 Å². The van der Waals surface area contributed by atoms with Crippen LogP contribution in [0.4, 0.5) is 0 Å². The quantitative estimate of drug-likeness (QED) is 0.658. The molecule has 0 saturated heterocycles. The molecule has 0 bridgehead atoms. The maximum atomic E-state index is 11.5. The Morgan fingerprint density at radius 3 is 2.56 bits per heavy atom. The van der Waals surface area contributed by atoms with Gasteiger partial charge in [-0.05, 0) is 25.2 Å². The van der Waals surface area contributed by atoms with E-state index in [4.69, 9.17) is 0 Å². The highest BCUT2D eigenvalue weighted by molar-refractivity contribution is 5.75. The Kier molecular flexibility index (Phi) is 7.28. The van der Waals surface area contributed by atoms with E-state index in [0.29, 0.717) is 0 Å². The van der Waals surface area contributed by atoms with Crippen LogP contribution in [-0.4, -0.2) is 12.5 Å². The Morgan fingerprint density at radius 2 is 1.88 bits per heavy atom. The minimum atomic E-state index is 0.265. The van der Waals surface area contributed by atoms with E-state index < -0.39 is 0 Å². The first-order valence-corrected chi connectivity index (χ1v) is 7.09. The van der Waals surface area contributed by atoms with Crippen LogP contribution >= 0.6 is 0 Å². The second-order valence-corrected chi connectivity index (χ2v) is 5.12. The Labute approximate surface area is 100 Å². The maximum absolute atomic E-state index is 11.5. The van der Waals surface area contributed by atoms with Crippen LogP contribution in [0.1, 0.15) is 71.1 Å². The molecule has 1 amide bonds. The molecule has 94 valence electrons. The van der Waals surface area contributed by atoms with E-state index in [0.717, 1.165) is 25.3 Å². The minimum absolute atomic E-state index is 0.265. The van der Waals surface area contributed by atoms with Gasteiger partial charge in [-0.25, -0.2) is 0 Å². The Balaban J connectivity index is 1.96. The Bertz CT molecular complexity index is 185. The number of carbonyl (C=O) groups excluding carboxylic acids is 1. The van der Waals surface area contributed by atoms with Gasteiger partial charge in [-0.15, -0.1) is 0 Å². The lowest BCUT2D eigenvalue weighted by atomic mass is 9.89. The van der Waals surface area contributed by atoms with Crippen LogP contribution in [0, 0.1) is 5.92 Å². The van der Waals surface area contributed by atoms with Crippen molar-refractivity contribution in [2.45, 2.75) is 71.1 Å². The summed E-state index contributed by atoms with van der Waals surface area (Å²) in [6, 6.07) is 0. The summed E-state index contributed by atoms with van der Waals surface area (Å²) in [4.78, 5) is 11.5. The van der Waals surface area contributed by atoms with Crippen molar-refractivity contribution in [3.63, 3.8) is 0 Å². The third-order valence-electron chi connectivity index (χ3n) is 3.57. The second kappa shape index (κ2) is 8.60. The van der Waals surface area contributed by atoms with Gasteiger partial charge in [-0.3, -0.25) is 4.79 Å².